The zero-order valence-corrected chi connectivity index (χ0v) is 16.4. The number of rotatable bonds is 4. The predicted octanol–water partition coefficient (Wildman–Crippen LogP) is 3.63. The van der Waals surface area contributed by atoms with Crippen LogP contribution in [-0.4, -0.2) is 38.8 Å². The molecule has 0 unspecified atom stereocenters. The van der Waals surface area contributed by atoms with E-state index in [-0.39, 0.29) is 0 Å². The normalized spacial score (nSPS) is 19.2. The zero-order chi connectivity index (χ0) is 22.0. The van der Waals surface area contributed by atoms with Gasteiger partial charge in [0.25, 0.3) is 0 Å². The van der Waals surface area contributed by atoms with Gasteiger partial charge < -0.3 is 13.9 Å². The average Bonchev–Trinajstić information content (AvgIpc) is 3.21. The fourth-order valence-electron chi connectivity index (χ4n) is 3.09. The first-order valence-electron chi connectivity index (χ1n) is 8.72. The van der Waals surface area contributed by atoms with Crippen molar-refractivity contribution in [2.45, 2.75) is 57.7 Å². The Morgan fingerprint density at radius 2 is 1.59 bits per heavy atom. The maximum atomic E-state index is 14.2. The van der Waals surface area contributed by atoms with Gasteiger partial charge in [0.1, 0.15) is 12.5 Å². The molecule has 1 fully saturated rings. The van der Waals surface area contributed by atoms with Gasteiger partial charge in [-0.1, -0.05) is 0 Å². The van der Waals surface area contributed by atoms with Crippen LogP contribution < -0.4 is 5.46 Å². The molecule has 1 aliphatic heterocycles. The van der Waals surface area contributed by atoms with Crippen LogP contribution in [0.3, 0.4) is 0 Å². The Kier molecular flexibility index (Phi) is 4.90. The SMILES string of the molecule is Cn1cc(CF)c(C(F)(F)C(F)(F)F)c1-n1cc(B2OC(C)(C)C(C)(C)O2)cn1. The average molecular weight is 423 g/mol. The van der Waals surface area contributed by atoms with E-state index in [9.17, 15) is 26.3 Å². The molecular formula is C17H20BF6N3O2. The molecule has 0 N–H and O–H groups in total. The fourth-order valence-corrected chi connectivity index (χ4v) is 3.09. The number of alkyl halides is 6. The van der Waals surface area contributed by atoms with Crippen LogP contribution in [0.1, 0.15) is 38.8 Å². The van der Waals surface area contributed by atoms with E-state index in [1.165, 1.54) is 19.4 Å². The second kappa shape index (κ2) is 6.53. The minimum absolute atomic E-state index is 0.327. The minimum Gasteiger partial charge on any atom is -0.399 e. The quantitative estimate of drug-likeness (QED) is 0.557. The lowest BCUT2D eigenvalue weighted by atomic mass is 9.82. The van der Waals surface area contributed by atoms with Crippen LogP contribution in [-0.2, 0) is 29.0 Å². The van der Waals surface area contributed by atoms with Gasteiger partial charge in [-0.15, -0.1) is 0 Å². The summed E-state index contributed by atoms with van der Waals surface area (Å²) in [5.74, 6) is -5.86. The monoisotopic (exact) mass is 423 g/mol. The van der Waals surface area contributed by atoms with E-state index in [2.05, 4.69) is 5.10 Å². The molecule has 0 amide bonds. The number of hydrogen-bond acceptors (Lipinski definition) is 3. The van der Waals surface area contributed by atoms with Crippen molar-refractivity contribution in [3.63, 3.8) is 0 Å². The summed E-state index contributed by atoms with van der Waals surface area (Å²) in [4.78, 5) is 0. The Balaban J connectivity index is 2.07. The molecule has 0 bridgehead atoms. The summed E-state index contributed by atoms with van der Waals surface area (Å²) < 4.78 is 94.1. The molecule has 0 radical (unpaired) electrons. The van der Waals surface area contributed by atoms with Crippen LogP contribution in [0.25, 0.3) is 5.82 Å². The maximum absolute atomic E-state index is 14.2. The second-order valence-corrected chi connectivity index (χ2v) is 7.98. The third kappa shape index (κ3) is 3.35. The van der Waals surface area contributed by atoms with E-state index in [0.717, 1.165) is 15.4 Å². The Morgan fingerprint density at radius 3 is 2.07 bits per heavy atom. The highest BCUT2D eigenvalue weighted by molar-refractivity contribution is 6.62. The fraction of sp³-hybridized carbons (Fsp3) is 0.588. The van der Waals surface area contributed by atoms with Crippen LogP contribution in [0.15, 0.2) is 18.6 Å². The van der Waals surface area contributed by atoms with Gasteiger partial charge in [-0.3, -0.25) is 0 Å². The van der Waals surface area contributed by atoms with Crippen molar-refractivity contribution < 1.29 is 35.7 Å². The molecule has 2 aromatic heterocycles. The molecule has 0 aromatic carbocycles. The zero-order valence-electron chi connectivity index (χ0n) is 16.4. The van der Waals surface area contributed by atoms with Gasteiger partial charge in [-0.05, 0) is 27.7 Å². The standard InChI is InChI=1S/C17H20BF6N3O2/c1-14(2)15(3,4)29-18(28-14)11-7-25-27(9-11)13-12(10(6-19)8-26(13)5)16(20,21)17(22,23)24/h7-9H,6H2,1-5H3. The molecule has 0 aliphatic carbocycles. The van der Waals surface area contributed by atoms with Gasteiger partial charge in [-0.2, -0.15) is 27.1 Å². The number of hydrogen-bond donors (Lipinski definition) is 0. The van der Waals surface area contributed by atoms with Crippen molar-refractivity contribution in [1.29, 1.82) is 0 Å². The summed E-state index contributed by atoms with van der Waals surface area (Å²) in [6.07, 6.45) is -2.52. The van der Waals surface area contributed by atoms with E-state index in [4.69, 9.17) is 9.31 Å². The van der Waals surface area contributed by atoms with E-state index in [1.807, 2.05) is 27.7 Å². The molecule has 3 heterocycles. The highest BCUT2D eigenvalue weighted by atomic mass is 19.4. The molecule has 29 heavy (non-hydrogen) atoms. The molecule has 1 saturated heterocycles. The third-order valence-electron chi connectivity index (χ3n) is 5.39. The van der Waals surface area contributed by atoms with Crippen molar-refractivity contribution in [2.24, 2.45) is 7.05 Å². The van der Waals surface area contributed by atoms with Gasteiger partial charge in [0, 0.05) is 36.7 Å². The van der Waals surface area contributed by atoms with Gasteiger partial charge >= 0.3 is 19.2 Å². The smallest absolute Gasteiger partial charge is 0.399 e. The summed E-state index contributed by atoms with van der Waals surface area (Å²) >= 11 is 0. The number of nitrogens with zero attached hydrogens (tertiary/aromatic N) is 3. The lowest BCUT2D eigenvalue weighted by molar-refractivity contribution is -0.289. The summed E-state index contributed by atoms with van der Waals surface area (Å²) in [5.41, 5.74) is -3.27. The maximum Gasteiger partial charge on any atom is 0.498 e. The van der Waals surface area contributed by atoms with Crippen LogP contribution in [0, 0.1) is 0 Å². The van der Waals surface area contributed by atoms with Gasteiger partial charge in [0.2, 0.25) is 0 Å². The summed E-state index contributed by atoms with van der Waals surface area (Å²) in [7, 11) is 0.349. The van der Waals surface area contributed by atoms with E-state index >= 15 is 0 Å². The molecule has 1 aliphatic rings. The molecular weight excluding hydrogens is 403 g/mol. The highest BCUT2D eigenvalue weighted by Crippen LogP contribution is 2.47. The third-order valence-corrected chi connectivity index (χ3v) is 5.39. The van der Waals surface area contributed by atoms with E-state index in [1.54, 1.807) is 0 Å². The van der Waals surface area contributed by atoms with Crippen molar-refractivity contribution in [1.82, 2.24) is 14.3 Å². The molecule has 0 spiro atoms. The van der Waals surface area contributed by atoms with Gasteiger partial charge in [0.15, 0.2) is 0 Å². The largest absolute Gasteiger partial charge is 0.498 e. The molecule has 12 heteroatoms. The lowest BCUT2D eigenvalue weighted by Gasteiger charge is -2.32. The number of aryl methyl sites for hydroxylation is 1. The van der Waals surface area contributed by atoms with Gasteiger partial charge in [0.05, 0.1) is 16.8 Å². The number of aromatic nitrogens is 3. The molecule has 2 aromatic rings. The van der Waals surface area contributed by atoms with E-state index < -0.39 is 54.0 Å². The first kappa shape index (κ1) is 21.8. The van der Waals surface area contributed by atoms with Crippen LogP contribution >= 0.6 is 0 Å². The van der Waals surface area contributed by atoms with Crippen molar-refractivity contribution >= 4 is 12.6 Å². The van der Waals surface area contributed by atoms with Crippen LogP contribution in [0.4, 0.5) is 26.3 Å². The van der Waals surface area contributed by atoms with Crippen LogP contribution in [0.5, 0.6) is 0 Å². The minimum atomic E-state index is -5.89. The van der Waals surface area contributed by atoms with E-state index in [0.29, 0.717) is 5.46 Å². The molecule has 0 saturated carbocycles. The van der Waals surface area contributed by atoms with Crippen LogP contribution in [0.2, 0.25) is 0 Å². The Bertz CT molecular complexity index is 903. The molecule has 3 rings (SSSR count). The van der Waals surface area contributed by atoms with Crippen molar-refractivity contribution in [3.8, 4) is 5.82 Å². The number of halogens is 6. The molecule has 160 valence electrons. The Hall–Kier alpha value is -1.95. The first-order chi connectivity index (χ1) is 13.1. The summed E-state index contributed by atoms with van der Waals surface area (Å²) in [6.45, 7) is 5.75. The highest BCUT2D eigenvalue weighted by Gasteiger charge is 2.61. The van der Waals surface area contributed by atoms with Gasteiger partial charge in [-0.25, -0.2) is 9.07 Å². The van der Waals surface area contributed by atoms with Crippen molar-refractivity contribution in [3.05, 3.63) is 29.7 Å². The summed E-state index contributed by atoms with van der Waals surface area (Å²) in [6, 6.07) is 0. The Morgan fingerprint density at radius 1 is 1.03 bits per heavy atom. The molecule has 5 nitrogen and oxygen atoms in total. The topological polar surface area (TPSA) is 41.2 Å². The summed E-state index contributed by atoms with van der Waals surface area (Å²) in [5, 5.41) is 3.90. The Labute approximate surface area is 163 Å². The first-order valence-corrected chi connectivity index (χ1v) is 8.72. The van der Waals surface area contributed by atoms with Crippen molar-refractivity contribution in [2.75, 3.05) is 0 Å². The second-order valence-electron chi connectivity index (χ2n) is 7.98. The predicted molar refractivity (Wildman–Crippen MR) is 93.0 cm³/mol. The lowest BCUT2D eigenvalue weighted by Crippen LogP contribution is -2.41. The molecule has 0 atom stereocenters.